The van der Waals surface area contributed by atoms with E-state index in [1.807, 2.05) is 32.9 Å². The molecule has 1 unspecified atom stereocenters. The van der Waals surface area contributed by atoms with E-state index in [0.29, 0.717) is 25.8 Å². The van der Waals surface area contributed by atoms with E-state index in [1.165, 1.54) is 0 Å². The highest BCUT2D eigenvalue weighted by molar-refractivity contribution is 5.99. The molecule has 1 aliphatic rings. The third kappa shape index (κ3) is 4.27. The van der Waals surface area contributed by atoms with Crippen LogP contribution in [0.25, 0.3) is 0 Å². The molecule has 1 fully saturated rings. The second-order valence-corrected chi connectivity index (χ2v) is 7.48. The Morgan fingerprint density at radius 1 is 1.12 bits per heavy atom. The number of nitrogens with zero attached hydrogens (tertiary/aromatic N) is 1. The number of Topliss-reactive ketones (excluding diaryl/α,β-unsaturated/α-hetero) is 1. The van der Waals surface area contributed by atoms with E-state index in [4.69, 9.17) is 0 Å². The molecule has 136 valence electrons. The van der Waals surface area contributed by atoms with Crippen LogP contribution in [0.1, 0.15) is 59.7 Å². The minimum atomic E-state index is -0.858. The molecule has 5 nitrogen and oxygen atoms in total. The number of benzene rings is 1. The molecule has 1 heterocycles. The van der Waals surface area contributed by atoms with Crippen LogP contribution < -0.4 is 0 Å². The number of aryl methyl sites for hydroxylation is 3. The first kappa shape index (κ1) is 19.2. The summed E-state index contributed by atoms with van der Waals surface area (Å²) in [5.41, 5.74) is 3.01. The van der Waals surface area contributed by atoms with Gasteiger partial charge in [0, 0.05) is 31.5 Å². The van der Waals surface area contributed by atoms with E-state index in [9.17, 15) is 19.5 Å². The molecule has 1 atom stereocenters. The number of likely N-dealkylation sites (tertiary alicyclic amines) is 1. The maximum atomic E-state index is 12.5. The van der Waals surface area contributed by atoms with Crippen molar-refractivity contribution in [2.75, 3.05) is 13.1 Å². The highest BCUT2D eigenvalue weighted by Crippen LogP contribution is 2.30. The van der Waals surface area contributed by atoms with Gasteiger partial charge in [0.25, 0.3) is 0 Å². The molecule has 0 aliphatic carbocycles. The van der Waals surface area contributed by atoms with Crippen LogP contribution in [0.4, 0.5) is 0 Å². The van der Waals surface area contributed by atoms with Crippen molar-refractivity contribution in [2.45, 2.75) is 53.4 Å². The summed E-state index contributed by atoms with van der Waals surface area (Å²) in [6.45, 7) is 8.30. The van der Waals surface area contributed by atoms with Gasteiger partial charge >= 0.3 is 5.97 Å². The van der Waals surface area contributed by atoms with Crippen LogP contribution in [0.2, 0.25) is 0 Å². The minimum absolute atomic E-state index is 0.0601. The Morgan fingerprint density at radius 2 is 1.72 bits per heavy atom. The lowest BCUT2D eigenvalue weighted by molar-refractivity contribution is -0.147. The van der Waals surface area contributed by atoms with Crippen molar-refractivity contribution in [1.29, 1.82) is 0 Å². The monoisotopic (exact) mass is 345 g/mol. The fourth-order valence-electron chi connectivity index (χ4n) is 3.65. The number of amides is 1. The summed E-state index contributed by atoms with van der Waals surface area (Å²) < 4.78 is 0. The number of hydrogen-bond donors (Lipinski definition) is 1. The van der Waals surface area contributed by atoms with Crippen LogP contribution in [-0.2, 0) is 9.59 Å². The molecule has 0 aromatic heterocycles. The number of rotatable bonds is 6. The SMILES string of the molecule is Cc1cc(C)c(C(=O)CCCC(=O)N2CCC(C)(C(=O)O)C2)c(C)c1. The number of carbonyl (C=O) groups is 3. The first-order valence-electron chi connectivity index (χ1n) is 8.76. The molecule has 1 aromatic rings. The Kier molecular flexibility index (Phi) is 5.65. The standard InChI is InChI=1S/C20H27NO4/c1-13-10-14(2)18(15(3)11-13)16(22)6-5-7-17(23)21-9-8-20(4,12-21)19(24)25/h10-11H,5-9,12H2,1-4H3,(H,24,25). The summed E-state index contributed by atoms with van der Waals surface area (Å²) in [5.74, 6) is -0.849. The first-order valence-corrected chi connectivity index (χ1v) is 8.76. The summed E-state index contributed by atoms with van der Waals surface area (Å²) in [6, 6.07) is 4.00. The quantitative estimate of drug-likeness (QED) is 0.803. The molecule has 5 heteroatoms. The van der Waals surface area contributed by atoms with Gasteiger partial charge in [0.15, 0.2) is 5.78 Å². The molecule has 25 heavy (non-hydrogen) atoms. The van der Waals surface area contributed by atoms with Gasteiger partial charge in [0.05, 0.1) is 5.41 Å². The van der Waals surface area contributed by atoms with Crippen LogP contribution in [-0.4, -0.2) is 40.8 Å². The number of carboxylic acids is 1. The fraction of sp³-hybridized carbons (Fsp3) is 0.550. The third-order valence-corrected chi connectivity index (χ3v) is 5.09. The summed E-state index contributed by atoms with van der Waals surface area (Å²) in [6.07, 6.45) is 1.59. The number of hydrogen-bond acceptors (Lipinski definition) is 3. The van der Waals surface area contributed by atoms with Crippen molar-refractivity contribution in [2.24, 2.45) is 5.41 Å². The van der Waals surface area contributed by atoms with Gasteiger partial charge in [-0.1, -0.05) is 17.7 Å². The fourth-order valence-corrected chi connectivity index (χ4v) is 3.65. The Morgan fingerprint density at radius 3 is 2.24 bits per heavy atom. The van der Waals surface area contributed by atoms with Crippen molar-refractivity contribution in [3.63, 3.8) is 0 Å². The largest absolute Gasteiger partial charge is 0.481 e. The maximum Gasteiger partial charge on any atom is 0.311 e. The Labute approximate surface area is 149 Å². The zero-order valence-corrected chi connectivity index (χ0v) is 15.5. The molecule has 0 saturated carbocycles. The summed E-state index contributed by atoms with van der Waals surface area (Å²) >= 11 is 0. The molecule has 0 spiro atoms. The van der Waals surface area contributed by atoms with Crippen LogP contribution in [0, 0.1) is 26.2 Å². The van der Waals surface area contributed by atoms with Gasteiger partial charge in [-0.2, -0.15) is 0 Å². The highest BCUT2D eigenvalue weighted by atomic mass is 16.4. The number of ketones is 1. The highest BCUT2D eigenvalue weighted by Gasteiger charge is 2.41. The summed E-state index contributed by atoms with van der Waals surface area (Å²) in [5, 5.41) is 9.24. The van der Waals surface area contributed by atoms with Crippen molar-refractivity contribution in [3.8, 4) is 0 Å². The smallest absolute Gasteiger partial charge is 0.311 e. The van der Waals surface area contributed by atoms with Crippen LogP contribution in [0.5, 0.6) is 0 Å². The normalized spacial score (nSPS) is 19.9. The van der Waals surface area contributed by atoms with E-state index in [2.05, 4.69) is 0 Å². The predicted molar refractivity (Wildman–Crippen MR) is 95.8 cm³/mol. The molecule has 0 bridgehead atoms. The summed E-state index contributed by atoms with van der Waals surface area (Å²) in [4.78, 5) is 37.6. The molecular formula is C20H27NO4. The molecule has 1 amide bonds. The molecule has 2 rings (SSSR count). The Balaban J connectivity index is 1.88. The van der Waals surface area contributed by atoms with Gasteiger partial charge in [-0.3, -0.25) is 14.4 Å². The predicted octanol–water partition coefficient (Wildman–Crippen LogP) is 3.29. The zero-order chi connectivity index (χ0) is 18.8. The first-order chi connectivity index (χ1) is 11.6. The van der Waals surface area contributed by atoms with E-state index in [-0.39, 0.29) is 24.7 Å². The van der Waals surface area contributed by atoms with Crippen LogP contribution in [0.3, 0.4) is 0 Å². The van der Waals surface area contributed by atoms with E-state index >= 15 is 0 Å². The van der Waals surface area contributed by atoms with Crippen molar-refractivity contribution in [3.05, 3.63) is 34.4 Å². The van der Waals surface area contributed by atoms with Crippen molar-refractivity contribution in [1.82, 2.24) is 4.90 Å². The van der Waals surface area contributed by atoms with Gasteiger partial charge in [-0.15, -0.1) is 0 Å². The van der Waals surface area contributed by atoms with Gasteiger partial charge < -0.3 is 10.0 Å². The molecule has 1 aliphatic heterocycles. The van der Waals surface area contributed by atoms with E-state index in [1.54, 1.807) is 11.8 Å². The maximum absolute atomic E-state index is 12.5. The molecule has 0 radical (unpaired) electrons. The van der Waals surface area contributed by atoms with Crippen molar-refractivity contribution >= 4 is 17.7 Å². The average Bonchev–Trinajstić information content (AvgIpc) is 2.90. The molecule has 1 saturated heterocycles. The topological polar surface area (TPSA) is 74.7 Å². The zero-order valence-electron chi connectivity index (χ0n) is 15.5. The lowest BCUT2D eigenvalue weighted by atomic mass is 9.90. The Hall–Kier alpha value is -2.17. The lowest BCUT2D eigenvalue weighted by Gasteiger charge is -2.20. The van der Waals surface area contributed by atoms with E-state index in [0.717, 1.165) is 22.3 Å². The second-order valence-electron chi connectivity index (χ2n) is 7.48. The molecule has 1 N–H and O–H groups in total. The summed E-state index contributed by atoms with van der Waals surface area (Å²) in [7, 11) is 0. The average molecular weight is 345 g/mol. The second kappa shape index (κ2) is 7.38. The van der Waals surface area contributed by atoms with Gasteiger partial charge in [0.1, 0.15) is 0 Å². The van der Waals surface area contributed by atoms with Gasteiger partial charge in [-0.25, -0.2) is 0 Å². The van der Waals surface area contributed by atoms with Crippen LogP contribution >= 0.6 is 0 Å². The lowest BCUT2D eigenvalue weighted by Crippen LogP contribution is -2.34. The van der Waals surface area contributed by atoms with Gasteiger partial charge in [-0.05, 0) is 51.7 Å². The van der Waals surface area contributed by atoms with Crippen molar-refractivity contribution < 1.29 is 19.5 Å². The van der Waals surface area contributed by atoms with Gasteiger partial charge in [0.2, 0.25) is 5.91 Å². The third-order valence-electron chi connectivity index (χ3n) is 5.09. The number of carboxylic acid groups (broad SMARTS) is 1. The molecule has 1 aromatic carbocycles. The van der Waals surface area contributed by atoms with E-state index < -0.39 is 11.4 Å². The van der Waals surface area contributed by atoms with Crippen LogP contribution in [0.15, 0.2) is 12.1 Å². The minimum Gasteiger partial charge on any atom is -0.481 e. The number of aliphatic carboxylic acids is 1. The number of carbonyl (C=O) groups excluding carboxylic acids is 2. The Bertz CT molecular complexity index is 687. The molecular weight excluding hydrogens is 318 g/mol.